The highest BCUT2D eigenvalue weighted by Crippen LogP contribution is 2.36. The Morgan fingerprint density at radius 1 is 1.21 bits per heavy atom. The third-order valence-corrected chi connectivity index (χ3v) is 12.5. The minimum Gasteiger partial charge on any atom is -0.416 e. The van der Waals surface area contributed by atoms with Gasteiger partial charge in [0, 0.05) is 25.3 Å². The molecule has 0 bridgehead atoms. The van der Waals surface area contributed by atoms with Crippen LogP contribution in [0.4, 0.5) is 4.39 Å². The molecule has 0 aliphatic carbocycles. The summed E-state index contributed by atoms with van der Waals surface area (Å²) in [5.74, 6) is -2.05. The number of ether oxygens (including phenoxy) is 1. The summed E-state index contributed by atoms with van der Waals surface area (Å²) in [5, 5.41) is 2.53. The number of sulfone groups is 1. The highest BCUT2D eigenvalue weighted by atomic mass is 32.2. The number of carbonyl (C=O) groups excluding carboxylic acids is 2. The smallest absolute Gasteiger partial charge is 0.253 e. The van der Waals surface area contributed by atoms with Crippen LogP contribution in [0, 0.1) is 5.82 Å². The van der Waals surface area contributed by atoms with Crippen molar-refractivity contribution >= 4 is 30.3 Å². The van der Waals surface area contributed by atoms with Crippen LogP contribution in [-0.2, 0) is 23.8 Å². The van der Waals surface area contributed by atoms with E-state index in [-0.39, 0.29) is 36.1 Å². The first-order valence-electron chi connectivity index (χ1n) is 10.9. The van der Waals surface area contributed by atoms with Gasteiger partial charge in [-0.3, -0.25) is 14.5 Å². The maximum Gasteiger partial charge on any atom is 0.253 e. The van der Waals surface area contributed by atoms with Gasteiger partial charge in [0.1, 0.15) is 5.82 Å². The van der Waals surface area contributed by atoms with Crippen LogP contribution in [-0.4, -0.2) is 83.9 Å². The second-order valence-electron chi connectivity index (χ2n) is 9.80. The zero-order valence-electron chi connectivity index (χ0n) is 20.0. The Bertz CT molecular complexity index is 927. The Morgan fingerprint density at radius 3 is 2.30 bits per heavy atom. The van der Waals surface area contributed by atoms with Crippen molar-refractivity contribution in [2.75, 3.05) is 44.4 Å². The van der Waals surface area contributed by atoms with Crippen LogP contribution in [0.1, 0.15) is 31.1 Å². The molecule has 0 aromatic heterocycles. The zero-order valence-corrected chi connectivity index (χ0v) is 21.8. The van der Waals surface area contributed by atoms with E-state index in [1.54, 1.807) is 4.90 Å². The Morgan fingerprint density at radius 2 is 1.79 bits per heavy atom. The van der Waals surface area contributed by atoms with Crippen LogP contribution < -0.4 is 5.32 Å². The van der Waals surface area contributed by atoms with E-state index in [9.17, 15) is 22.4 Å². The van der Waals surface area contributed by atoms with Gasteiger partial charge in [-0.15, -0.1) is 0 Å². The van der Waals surface area contributed by atoms with Gasteiger partial charge < -0.3 is 14.5 Å². The lowest BCUT2D eigenvalue weighted by atomic mass is 10.1. The Balaban J connectivity index is 2.23. The van der Waals surface area contributed by atoms with Crippen LogP contribution in [0.25, 0.3) is 0 Å². The summed E-state index contributed by atoms with van der Waals surface area (Å²) in [6.07, 6.45) is 0.464. The van der Waals surface area contributed by atoms with Crippen LogP contribution in [0.2, 0.25) is 18.1 Å². The summed E-state index contributed by atoms with van der Waals surface area (Å²) in [7, 11) is -5.93. The van der Waals surface area contributed by atoms with Crippen molar-refractivity contribution in [2.24, 2.45) is 0 Å². The van der Waals surface area contributed by atoms with Crippen LogP contribution in [0.3, 0.4) is 0 Å². The van der Waals surface area contributed by atoms with Crippen molar-refractivity contribution in [3.63, 3.8) is 0 Å². The Kier molecular flexibility index (Phi) is 8.96. The number of nitrogens with one attached hydrogen (secondary N) is 1. The summed E-state index contributed by atoms with van der Waals surface area (Å²) in [6.45, 7) is 11.4. The average molecular weight is 503 g/mol. The molecule has 186 valence electrons. The van der Waals surface area contributed by atoms with Gasteiger partial charge in [-0.2, -0.15) is 0 Å². The number of morpholine rings is 1. The normalized spacial score (nSPS) is 17.9. The molecule has 1 N–H and O–H groups in total. The molecule has 1 atom stereocenters. The second-order valence-corrected chi connectivity index (χ2v) is 16.8. The number of amides is 1. The van der Waals surface area contributed by atoms with E-state index in [1.807, 2.05) is 13.1 Å². The number of benzene rings is 1. The van der Waals surface area contributed by atoms with Gasteiger partial charge >= 0.3 is 0 Å². The van der Waals surface area contributed by atoms with E-state index in [0.29, 0.717) is 19.5 Å². The fourth-order valence-electron chi connectivity index (χ4n) is 3.22. The number of hydrogen-bond donors (Lipinski definition) is 1. The maximum atomic E-state index is 13.2. The first-order chi connectivity index (χ1) is 15.2. The molecule has 0 saturated carbocycles. The minimum atomic E-state index is -3.79. The summed E-state index contributed by atoms with van der Waals surface area (Å²) in [4.78, 5) is 26.8. The summed E-state index contributed by atoms with van der Waals surface area (Å²) in [6, 6.07) is 4.81. The van der Waals surface area contributed by atoms with Gasteiger partial charge in [0.2, 0.25) is 0 Å². The van der Waals surface area contributed by atoms with E-state index in [2.05, 4.69) is 26.1 Å². The number of carbonyl (C=O) groups is 2. The van der Waals surface area contributed by atoms with E-state index < -0.39 is 41.3 Å². The molecule has 2 rings (SSSR count). The largest absolute Gasteiger partial charge is 0.416 e. The maximum absolute atomic E-state index is 13.2. The van der Waals surface area contributed by atoms with Crippen molar-refractivity contribution < 1.29 is 31.6 Å². The second kappa shape index (κ2) is 10.7. The molecule has 0 unspecified atom stereocenters. The highest BCUT2D eigenvalue weighted by molar-refractivity contribution is 7.91. The lowest BCUT2D eigenvalue weighted by Crippen LogP contribution is -2.67. The number of rotatable bonds is 10. The number of halogens is 1. The van der Waals surface area contributed by atoms with Crippen molar-refractivity contribution in [3.8, 4) is 0 Å². The van der Waals surface area contributed by atoms with Crippen LogP contribution in [0.15, 0.2) is 24.3 Å². The molecule has 1 aliphatic heterocycles. The molecule has 33 heavy (non-hydrogen) atoms. The van der Waals surface area contributed by atoms with Crippen LogP contribution in [0.5, 0.6) is 0 Å². The summed E-state index contributed by atoms with van der Waals surface area (Å²) in [5.41, 5.74) is -1.65. The van der Waals surface area contributed by atoms with E-state index in [0.717, 1.165) is 12.1 Å². The lowest BCUT2D eigenvalue weighted by Gasteiger charge is -2.42. The number of nitrogens with zero attached hydrogens (tertiary/aromatic N) is 1. The van der Waals surface area contributed by atoms with Gasteiger partial charge in [-0.1, -0.05) is 20.8 Å². The highest BCUT2D eigenvalue weighted by Gasteiger charge is 2.44. The average Bonchev–Trinajstić information content (AvgIpc) is 2.73. The molecular formula is C22H35FN2O6SSi. The predicted octanol–water partition coefficient (Wildman–Crippen LogP) is 2.22. The van der Waals surface area contributed by atoms with E-state index in [1.165, 1.54) is 12.1 Å². The molecular weight excluding hydrogens is 467 g/mol. The first-order valence-corrected chi connectivity index (χ1v) is 15.7. The molecule has 1 fully saturated rings. The fraction of sp³-hybridized carbons (Fsp3) is 0.636. The monoisotopic (exact) mass is 502 g/mol. The Labute approximate surface area is 196 Å². The topological polar surface area (TPSA) is 102 Å². The molecule has 11 heteroatoms. The quantitative estimate of drug-likeness (QED) is 0.387. The van der Waals surface area contributed by atoms with Crippen molar-refractivity contribution in [1.29, 1.82) is 0 Å². The number of aldehydes is 1. The van der Waals surface area contributed by atoms with Gasteiger partial charge in [-0.05, 0) is 42.4 Å². The SMILES string of the molecule is CC(C)(C)[Si](C)(C)OCCS(=O)(=O)C[C@](C=O)(NC(=O)c1ccc(F)cc1)N1CCOCC1. The molecule has 1 aromatic rings. The summed E-state index contributed by atoms with van der Waals surface area (Å²) < 4.78 is 50.7. The third-order valence-electron chi connectivity index (χ3n) is 6.31. The standard InChI is InChI=1S/C22H35FN2O6SSi/c1-21(2,3)33(4,5)31-14-15-32(28,29)17-22(16-26,25-10-12-30-13-11-25)24-20(27)18-6-8-19(23)9-7-18/h6-9,16H,10-15,17H2,1-5H3,(H,24,27)/t22-/m1/s1. The van der Waals surface area contributed by atoms with Crippen molar-refractivity contribution in [2.45, 2.75) is 44.6 Å². The van der Waals surface area contributed by atoms with Gasteiger partial charge in [0.25, 0.3) is 5.91 Å². The zero-order chi connectivity index (χ0) is 24.9. The molecule has 1 amide bonds. The fourth-order valence-corrected chi connectivity index (χ4v) is 5.89. The van der Waals surface area contributed by atoms with Gasteiger partial charge in [0.05, 0.1) is 24.7 Å². The molecule has 0 radical (unpaired) electrons. The first kappa shape index (κ1) is 27.6. The predicted molar refractivity (Wildman–Crippen MR) is 127 cm³/mol. The molecule has 1 aliphatic rings. The molecule has 8 nitrogen and oxygen atoms in total. The van der Waals surface area contributed by atoms with E-state index in [4.69, 9.17) is 9.16 Å². The molecule has 1 saturated heterocycles. The van der Waals surface area contributed by atoms with E-state index >= 15 is 0 Å². The number of hydrogen-bond acceptors (Lipinski definition) is 7. The molecule has 1 aromatic carbocycles. The van der Waals surface area contributed by atoms with Crippen LogP contribution >= 0.6 is 0 Å². The lowest BCUT2D eigenvalue weighted by molar-refractivity contribution is -0.122. The Hall–Kier alpha value is -1.66. The summed E-state index contributed by atoms with van der Waals surface area (Å²) >= 11 is 0. The molecule has 1 heterocycles. The van der Waals surface area contributed by atoms with Gasteiger partial charge in [0.15, 0.2) is 30.1 Å². The third kappa shape index (κ3) is 7.41. The van der Waals surface area contributed by atoms with Gasteiger partial charge in [-0.25, -0.2) is 12.8 Å². The van der Waals surface area contributed by atoms with Crippen molar-refractivity contribution in [3.05, 3.63) is 35.6 Å². The van der Waals surface area contributed by atoms with Crippen molar-refractivity contribution in [1.82, 2.24) is 10.2 Å². The molecule has 0 spiro atoms. The minimum absolute atomic E-state index is 0.0166.